The van der Waals surface area contributed by atoms with Gasteiger partial charge < -0.3 is 19.2 Å². The molecule has 0 aromatic heterocycles. The molecule has 0 radical (unpaired) electrons. The second kappa shape index (κ2) is 6.48. The van der Waals surface area contributed by atoms with Gasteiger partial charge in [0, 0.05) is 0 Å². The highest BCUT2D eigenvalue weighted by molar-refractivity contribution is 6.55. The molecule has 1 saturated heterocycles. The molecule has 5 heteroatoms. The third-order valence-electron chi connectivity index (χ3n) is 5.16. The van der Waals surface area contributed by atoms with Crippen LogP contribution < -0.4 is 4.74 Å². The Balaban J connectivity index is 1.91. The highest BCUT2D eigenvalue weighted by Crippen LogP contribution is 2.38. The maximum Gasteiger partial charge on any atom is 0.492 e. The maximum absolute atomic E-state index is 9.82. The molecule has 2 aromatic carbocycles. The zero-order chi connectivity index (χ0) is 18.2. The Morgan fingerprint density at radius 2 is 1.64 bits per heavy atom. The second-order valence-electron chi connectivity index (χ2n) is 7.44. The van der Waals surface area contributed by atoms with E-state index in [2.05, 4.69) is 6.07 Å². The van der Waals surface area contributed by atoms with Gasteiger partial charge in [0.15, 0.2) is 0 Å². The van der Waals surface area contributed by atoms with Crippen LogP contribution in [0, 0.1) is 0 Å². The molecule has 0 spiro atoms. The van der Waals surface area contributed by atoms with Gasteiger partial charge in [0.05, 0.1) is 24.9 Å². The summed E-state index contributed by atoms with van der Waals surface area (Å²) in [6, 6.07) is 12.1. The lowest BCUT2D eigenvalue weighted by atomic mass is 9.77. The normalized spacial score (nSPS) is 19.4. The summed E-state index contributed by atoms with van der Waals surface area (Å²) >= 11 is 0. The average molecular weight is 340 g/mol. The Kier molecular flexibility index (Phi) is 4.67. The summed E-state index contributed by atoms with van der Waals surface area (Å²) in [4.78, 5) is 0. The van der Waals surface area contributed by atoms with E-state index in [1.54, 1.807) is 7.11 Å². The number of methoxy groups -OCH3 is 1. The molecule has 1 aliphatic rings. The summed E-state index contributed by atoms with van der Waals surface area (Å²) in [6.45, 7) is 7.91. The first-order valence-corrected chi connectivity index (χ1v) is 8.50. The third kappa shape index (κ3) is 3.45. The highest BCUT2D eigenvalue weighted by atomic mass is 16.7. The van der Waals surface area contributed by atoms with Crippen molar-refractivity contribution in [2.75, 3.05) is 13.7 Å². The number of aliphatic hydroxyl groups excluding tert-OH is 1. The van der Waals surface area contributed by atoms with E-state index < -0.39 is 18.3 Å². The van der Waals surface area contributed by atoms with Gasteiger partial charge in [0.25, 0.3) is 0 Å². The first-order chi connectivity index (χ1) is 11.8. The molecule has 0 aliphatic carbocycles. The second-order valence-corrected chi connectivity index (χ2v) is 7.44. The molecule has 0 bridgehead atoms. The van der Waals surface area contributed by atoms with Gasteiger partial charge in [-0.05, 0) is 67.7 Å². The minimum Gasteiger partial charge on any atom is -0.497 e. The van der Waals surface area contributed by atoms with E-state index in [1.807, 2.05) is 64.1 Å². The summed E-state index contributed by atoms with van der Waals surface area (Å²) < 4.78 is 17.3. The van der Waals surface area contributed by atoms with Gasteiger partial charge in [-0.25, -0.2) is 0 Å². The van der Waals surface area contributed by atoms with Gasteiger partial charge in [0.1, 0.15) is 5.75 Å². The molecule has 2 aromatic rings. The van der Waals surface area contributed by atoms with Crippen LogP contribution in [-0.4, -0.2) is 37.1 Å². The summed E-state index contributed by atoms with van der Waals surface area (Å²) in [6.07, 6.45) is 1.94. The van der Waals surface area contributed by atoms with Gasteiger partial charge in [-0.15, -0.1) is 0 Å². The van der Waals surface area contributed by atoms with Crippen molar-refractivity contribution in [2.24, 2.45) is 0 Å². The first-order valence-electron chi connectivity index (χ1n) is 8.50. The van der Waals surface area contributed by atoms with E-state index >= 15 is 0 Å². The number of hydrogen-bond acceptors (Lipinski definition) is 4. The minimum atomic E-state index is -0.540. The van der Waals surface area contributed by atoms with Crippen LogP contribution >= 0.6 is 0 Å². The predicted octanol–water partition coefficient (Wildman–Crippen LogP) is 3.86. The van der Waals surface area contributed by atoms with Crippen LogP contribution in [0.2, 0.25) is 0 Å². The molecule has 0 unspecified atom stereocenters. The fourth-order valence-corrected chi connectivity index (χ4v) is 2.86. The van der Waals surface area contributed by atoms with E-state index in [1.165, 1.54) is 0 Å². The van der Waals surface area contributed by atoms with Gasteiger partial charge in [-0.3, -0.25) is 0 Å². The molecule has 3 rings (SSSR count). The summed E-state index contributed by atoms with van der Waals surface area (Å²) in [5, 5.41) is 12.0. The van der Waals surface area contributed by atoms with E-state index in [0.717, 1.165) is 22.1 Å². The Bertz CT molecular complexity index is 794. The summed E-state index contributed by atoms with van der Waals surface area (Å²) in [5.74, 6) is 0.837. The molecular weight excluding hydrogens is 315 g/mol. The van der Waals surface area contributed by atoms with Crippen molar-refractivity contribution in [1.82, 2.24) is 0 Å². The number of rotatable bonds is 4. The molecule has 0 amide bonds. The largest absolute Gasteiger partial charge is 0.497 e. The molecule has 4 nitrogen and oxygen atoms in total. The number of fused-ring (bicyclic) bond motifs is 1. The molecule has 0 saturated carbocycles. The van der Waals surface area contributed by atoms with Gasteiger partial charge in [-0.2, -0.15) is 0 Å². The van der Waals surface area contributed by atoms with Crippen molar-refractivity contribution in [3.63, 3.8) is 0 Å². The highest BCUT2D eigenvalue weighted by Gasteiger charge is 2.52. The van der Waals surface area contributed by atoms with Crippen LogP contribution in [0.3, 0.4) is 0 Å². The van der Waals surface area contributed by atoms with Crippen LogP contribution in [0.5, 0.6) is 5.75 Å². The maximum atomic E-state index is 9.82. The molecule has 1 N–H and O–H groups in total. The average Bonchev–Trinajstić information content (AvgIpc) is 2.79. The van der Waals surface area contributed by atoms with E-state index in [-0.39, 0.29) is 6.61 Å². The van der Waals surface area contributed by atoms with E-state index in [9.17, 15) is 5.11 Å². The summed E-state index contributed by atoms with van der Waals surface area (Å²) in [7, 11) is 1.12. The molecule has 132 valence electrons. The van der Waals surface area contributed by atoms with Crippen molar-refractivity contribution in [3.05, 3.63) is 47.4 Å². The van der Waals surface area contributed by atoms with E-state index in [0.29, 0.717) is 5.47 Å². The number of aliphatic hydroxyl groups is 1. The Labute approximate surface area is 149 Å². The van der Waals surface area contributed by atoms with E-state index in [4.69, 9.17) is 14.0 Å². The molecule has 0 atom stereocenters. The topological polar surface area (TPSA) is 47.9 Å². The third-order valence-corrected chi connectivity index (χ3v) is 5.16. The summed E-state index contributed by atoms with van der Waals surface area (Å²) in [5.41, 5.74) is 0.862. The number of ether oxygens (including phenoxy) is 1. The van der Waals surface area contributed by atoms with Crippen molar-refractivity contribution < 1.29 is 19.2 Å². The molecular formula is C20H25BO4. The minimum absolute atomic E-state index is 0.114. The van der Waals surface area contributed by atoms with Crippen LogP contribution in [0.25, 0.3) is 16.8 Å². The molecule has 25 heavy (non-hydrogen) atoms. The van der Waals surface area contributed by atoms with Crippen molar-refractivity contribution in [2.45, 2.75) is 38.9 Å². The van der Waals surface area contributed by atoms with Crippen LogP contribution in [-0.2, 0) is 9.31 Å². The Morgan fingerprint density at radius 1 is 1.04 bits per heavy atom. The molecule has 1 heterocycles. The lowest BCUT2D eigenvalue weighted by molar-refractivity contribution is 0.00578. The van der Waals surface area contributed by atoms with Crippen LogP contribution in [0.1, 0.15) is 33.3 Å². The van der Waals surface area contributed by atoms with Gasteiger partial charge in [0.2, 0.25) is 0 Å². The van der Waals surface area contributed by atoms with Crippen molar-refractivity contribution in [1.29, 1.82) is 0 Å². The van der Waals surface area contributed by atoms with Gasteiger partial charge >= 0.3 is 7.12 Å². The SMILES string of the molecule is COc1ccc2cc(C=C(CO)B3OC(C)(C)C(C)(C)O3)ccc2c1. The van der Waals surface area contributed by atoms with Crippen LogP contribution in [0.4, 0.5) is 0 Å². The smallest absolute Gasteiger partial charge is 0.492 e. The lowest BCUT2D eigenvalue weighted by Gasteiger charge is -2.32. The van der Waals surface area contributed by atoms with Crippen molar-refractivity contribution >= 4 is 24.0 Å². The quantitative estimate of drug-likeness (QED) is 0.859. The zero-order valence-electron chi connectivity index (χ0n) is 15.5. The molecule has 1 fully saturated rings. The standard InChI is InChI=1S/C20H25BO4/c1-19(2)20(3,4)25-21(24-19)17(13-22)11-14-6-7-16-12-18(23-5)9-8-15(16)10-14/h6-12,22H,13H2,1-5H3. The number of benzene rings is 2. The molecule has 1 aliphatic heterocycles. The first kappa shape index (κ1) is 18.0. The lowest BCUT2D eigenvalue weighted by Crippen LogP contribution is -2.41. The van der Waals surface area contributed by atoms with Crippen LogP contribution in [0.15, 0.2) is 41.9 Å². The fourth-order valence-electron chi connectivity index (χ4n) is 2.86. The van der Waals surface area contributed by atoms with Crippen molar-refractivity contribution in [3.8, 4) is 5.75 Å². The monoisotopic (exact) mass is 340 g/mol. The Morgan fingerprint density at radius 3 is 2.24 bits per heavy atom. The zero-order valence-corrected chi connectivity index (χ0v) is 15.5. The Hall–Kier alpha value is -1.82. The predicted molar refractivity (Wildman–Crippen MR) is 102 cm³/mol. The fraction of sp³-hybridized carbons (Fsp3) is 0.400. The van der Waals surface area contributed by atoms with Gasteiger partial charge in [-0.1, -0.05) is 24.3 Å². The number of hydrogen-bond donors (Lipinski definition) is 1.